The lowest BCUT2D eigenvalue weighted by Crippen LogP contribution is -2.65. The zero-order chi connectivity index (χ0) is 18.2. The molecule has 0 aromatic heterocycles. The molecule has 0 bridgehead atoms. The molecule has 1 aliphatic heterocycles. The summed E-state index contributed by atoms with van der Waals surface area (Å²) < 4.78 is 10.5. The van der Waals surface area contributed by atoms with Crippen molar-refractivity contribution in [2.45, 2.75) is 95.4 Å². The van der Waals surface area contributed by atoms with E-state index in [0.29, 0.717) is 6.42 Å². The number of esters is 1. The molecule has 1 saturated heterocycles. The van der Waals surface area contributed by atoms with Crippen molar-refractivity contribution >= 4 is 5.97 Å². The molecule has 1 unspecified atom stereocenters. The van der Waals surface area contributed by atoms with Crippen molar-refractivity contribution < 1.29 is 34.7 Å². The number of unbranched alkanes of at least 4 members (excludes halogenated alkanes) is 6. The Morgan fingerprint density at radius 3 is 2.21 bits per heavy atom. The molecule has 1 heterocycles. The molecule has 1 fully saturated rings. The first-order valence-electron chi connectivity index (χ1n) is 8.90. The van der Waals surface area contributed by atoms with Crippen molar-refractivity contribution in [1.82, 2.24) is 0 Å². The SMILES string of the molecule is CCCCCCCCCC(=O)OC1(C)O[C@H](CO)[C@@H](O)[C@H](O)[C@H]1O. The van der Waals surface area contributed by atoms with Crippen LogP contribution in [0, 0.1) is 0 Å². The Balaban J connectivity index is 2.38. The van der Waals surface area contributed by atoms with Gasteiger partial charge in [-0.1, -0.05) is 45.4 Å². The quantitative estimate of drug-likeness (QED) is 0.342. The van der Waals surface area contributed by atoms with Gasteiger partial charge in [-0.25, -0.2) is 0 Å². The van der Waals surface area contributed by atoms with E-state index in [1.165, 1.54) is 26.2 Å². The first-order valence-corrected chi connectivity index (χ1v) is 8.90. The summed E-state index contributed by atoms with van der Waals surface area (Å²) in [6.45, 7) is 2.92. The number of aliphatic hydroxyl groups excluding tert-OH is 4. The maximum Gasteiger partial charge on any atom is 0.308 e. The van der Waals surface area contributed by atoms with Crippen LogP contribution in [-0.2, 0) is 14.3 Å². The van der Waals surface area contributed by atoms with Crippen LogP contribution in [0.2, 0.25) is 0 Å². The average molecular weight is 348 g/mol. The summed E-state index contributed by atoms with van der Waals surface area (Å²) in [5.41, 5.74) is 0. The van der Waals surface area contributed by atoms with Crippen LogP contribution < -0.4 is 0 Å². The summed E-state index contributed by atoms with van der Waals surface area (Å²) in [6, 6.07) is 0. The molecular weight excluding hydrogens is 316 g/mol. The fourth-order valence-corrected chi connectivity index (χ4v) is 2.89. The molecule has 0 aliphatic carbocycles. The minimum absolute atomic E-state index is 0.196. The lowest BCUT2D eigenvalue weighted by molar-refractivity contribution is -0.344. The largest absolute Gasteiger partial charge is 0.430 e. The second kappa shape index (κ2) is 10.3. The van der Waals surface area contributed by atoms with Crippen LogP contribution in [0.15, 0.2) is 0 Å². The van der Waals surface area contributed by atoms with E-state index in [4.69, 9.17) is 9.47 Å². The van der Waals surface area contributed by atoms with Gasteiger partial charge in [0.2, 0.25) is 5.79 Å². The molecule has 0 radical (unpaired) electrons. The van der Waals surface area contributed by atoms with Gasteiger partial charge in [0.25, 0.3) is 0 Å². The fourth-order valence-electron chi connectivity index (χ4n) is 2.89. The second-order valence-electron chi connectivity index (χ2n) is 6.63. The Kier molecular flexibility index (Phi) is 9.15. The summed E-state index contributed by atoms with van der Waals surface area (Å²) in [5, 5.41) is 38.7. The van der Waals surface area contributed by atoms with E-state index in [0.717, 1.165) is 19.3 Å². The lowest BCUT2D eigenvalue weighted by atomic mass is 9.93. The molecule has 0 amide bonds. The predicted octanol–water partition coefficient (Wildman–Crippen LogP) is 0.860. The van der Waals surface area contributed by atoms with Gasteiger partial charge in [0, 0.05) is 13.3 Å². The van der Waals surface area contributed by atoms with Crippen molar-refractivity contribution in [2.75, 3.05) is 6.61 Å². The van der Waals surface area contributed by atoms with E-state index in [2.05, 4.69) is 6.92 Å². The highest BCUT2D eigenvalue weighted by atomic mass is 16.7. The van der Waals surface area contributed by atoms with Crippen molar-refractivity contribution in [3.8, 4) is 0 Å². The van der Waals surface area contributed by atoms with Gasteiger partial charge in [0.05, 0.1) is 6.61 Å². The minimum Gasteiger partial charge on any atom is -0.430 e. The third-order valence-electron chi connectivity index (χ3n) is 4.46. The van der Waals surface area contributed by atoms with E-state index in [1.54, 1.807) is 0 Å². The Bertz CT molecular complexity index is 374. The summed E-state index contributed by atoms with van der Waals surface area (Å²) in [7, 11) is 0. The number of ether oxygens (including phenoxy) is 2. The number of aliphatic hydroxyl groups is 4. The highest BCUT2D eigenvalue weighted by molar-refractivity contribution is 5.69. The van der Waals surface area contributed by atoms with Gasteiger partial charge in [0.15, 0.2) is 0 Å². The van der Waals surface area contributed by atoms with Gasteiger partial charge < -0.3 is 29.9 Å². The van der Waals surface area contributed by atoms with Crippen molar-refractivity contribution in [1.29, 1.82) is 0 Å². The maximum absolute atomic E-state index is 12.0. The molecule has 0 spiro atoms. The standard InChI is InChI=1S/C17H32O7/c1-3-4-5-6-7-8-9-10-13(19)24-17(2)16(22)15(21)14(20)12(11-18)23-17/h12,14-16,18,20-22H,3-11H2,1-2H3/t12-,14-,15+,16-,17?/m1/s1. The fraction of sp³-hybridized carbons (Fsp3) is 0.941. The van der Waals surface area contributed by atoms with Gasteiger partial charge in [-0.15, -0.1) is 0 Å². The Labute approximate surface area is 143 Å². The highest BCUT2D eigenvalue weighted by Gasteiger charge is 2.53. The molecule has 4 N–H and O–H groups in total. The number of hydrogen-bond acceptors (Lipinski definition) is 7. The van der Waals surface area contributed by atoms with E-state index in [1.807, 2.05) is 0 Å². The number of carbonyl (C=O) groups excluding carboxylic acids is 1. The van der Waals surface area contributed by atoms with E-state index < -0.39 is 42.8 Å². The lowest BCUT2D eigenvalue weighted by Gasteiger charge is -2.45. The Hall–Kier alpha value is -0.730. The Morgan fingerprint density at radius 2 is 1.62 bits per heavy atom. The van der Waals surface area contributed by atoms with Gasteiger partial charge in [-0.05, 0) is 6.42 Å². The molecule has 0 saturated carbocycles. The third-order valence-corrected chi connectivity index (χ3v) is 4.46. The second-order valence-corrected chi connectivity index (χ2v) is 6.63. The van der Waals surface area contributed by atoms with Crippen LogP contribution in [-0.4, -0.2) is 63.2 Å². The van der Waals surface area contributed by atoms with Gasteiger partial charge >= 0.3 is 5.97 Å². The molecular formula is C17H32O7. The van der Waals surface area contributed by atoms with E-state index >= 15 is 0 Å². The summed E-state index contributed by atoms with van der Waals surface area (Å²) >= 11 is 0. The van der Waals surface area contributed by atoms with Crippen molar-refractivity contribution in [2.24, 2.45) is 0 Å². The predicted molar refractivity (Wildman–Crippen MR) is 87.1 cm³/mol. The molecule has 7 heteroatoms. The first-order chi connectivity index (χ1) is 11.4. The van der Waals surface area contributed by atoms with Gasteiger partial charge in [0.1, 0.15) is 24.4 Å². The zero-order valence-corrected chi connectivity index (χ0v) is 14.7. The van der Waals surface area contributed by atoms with Gasteiger partial charge in [-0.2, -0.15) is 0 Å². The van der Waals surface area contributed by atoms with Gasteiger partial charge in [-0.3, -0.25) is 4.79 Å². The maximum atomic E-state index is 12.0. The van der Waals surface area contributed by atoms with E-state index in [9.17, 15) is 25.2 Å². The smallest absolute Gasteiger partial charge is 0.308 e. The molecule has 7 nitrogen and oxygen atoms in total. The molecule has 0 aromatic rings. The molecule has 5 atom stereocenters. The molecule has 1 rings (SSSR count). The zero-order valence-electron chi connectivity index (χ0n) is 14.7. The number of hydrogen-bond donors (Lipinski definition) is 4. The van der Waals surface area contributed by atoms with Crippen molar-refractivity contribution in [3.63, 3.8) is 0 Å². The summed E-state index contributed by atoms with van der Waals surface area (Å²) in [4.78, 5) is 12.0. The third kappa shape index (κ3) is 5.97. The van der Waals surface area contributed by atoms with E-state index in [-0.39, 0.29) is 6.42 Å². The summed E-state index contributed by atoms with van der Waals surface area (Å²) in [5.74, 6) is -2.32. The molecule has 0 aromatic carbocycles. The number of rotatable bonds is 10. The highest BCUT2D eigenvalue weighted by Crippen LogP contribution is 2.31. The number of carbonyl (C=O) groups is 1. The molecule has 1 aliphatic rings. The normalized spacial score (nSPS) is 33.4. The molecule has 24 heavy (non-hydrogen) atoms. The first kappa shape index (κ1) is 21.3. The molecule has 142 valence electrons. The van der Waals surface area contributed by atoms with Crippen LogP contribution in [0.3, 0.4) is 0 Å². The van der Waals surface area contributed by atoms with Crippen LogP contribution in [0.25, 0.3) is 0 Å². The van der Waals surface area contributed by atoms with Crippen LogP contribution in [0.4, 0.5) is 0 Å². The van der Waals surface area contributed by atoms with Crippen LogP contribution in [0.5, 0.6) is 0 Å². The van der Waals surface area contributed by atoms with Crippen LogP contribution >= 0.6 is 0 Å². The van der Waals surface area contributed by atoms with Crippen LogP contribution in [0.1, 0.15) is 65.2 Å². The van der Waals surface area contributed by atoms with Crippen molar-refractivity contribution in [3.05, 3.63) is 0 Å². The summed E-state index contributed by atoms with van der Waals surface area (Å²) in [6.07, 6.45) is 1.96. The minimum atomic E-state index is -1.79. The monoisotopic (exact) mass is 348 g/mol. The topological polar surface area (TPSA) is 116 Å². The Morgan fingerprint density at radius 1 is 1.04 bits per heavy atom. The average Bonchev–Trinajstić information content (AvgIpc) is 2.55.